The molecule has 7 heteroatoms. The average molecular weight is 418 g/mol. The molecule has 1 heterocycles. The van der Waals surface area contributed by atoms with Gasteiger partial charge in [0.25, 0.3) is 5.91 Å². The lowest BCUT2D eigenvalue weighted by Gasteiger charge is -2.19. The maximum Gasteiger partial charge on any atom is 0.343 e. The van der Waals surface area contributed by atoms with Crippen molar-refractivity contribution in [3.8, 4) is 0 Å². The Kier molecular flexibility index (Phi) is 7.31. The van der Waals surface area contributed by atoms with Crippen molar-refractivity contribution in [3.05, 3.63) is 52.3 Å². The first kappa shape index (κ1) is 21.4. The zero-order chi connectivity index (χ0) is 20.8. The van der Waals surface area contributed by atoms with Crippen LogP contribution in [0, 0.1) is 6.92 Å². The minimum atomic E-state index is -0.890. The summed E-state index contributed by atoms with van der Waals surface area (Å²) in [5.41, 5.74) is 1.71. The monoisotopic (exact) mass is 417 g/mol. The van der Waals surface area contributed by atoms with Crippen molar-refractivity contribution >= 4 is 23.5 Å². The Labute approximate surface area is 176 Å². The molecule has 1 fully saturated rings. The summed E-state index contributed by atoms with van der Waals surface area (Å²) in [7, 11) is 0. The van der Waals surface area contributed by atoms with Crippen LogP contribution in [-0.4, -0.2) is 33.8 Å². The summed E-state index contributed by atoms with van der Waals surface area (Å²) >= 11 is 6.41. The molecular weight excluding hydrogens is 390 g/mol. The molecule has 2 aromatic rings. The van der Waals surface area contributed by atoms with Gasteiger partial charge in [-0.25, -0.2) is 9.48 Å². The molecule has 1 aromatic carbocycles. The molecule has 1 saturated carbocycles. The number of nitrogens with zero attached hydrogens (tertiary/aromatic N) is 2. The number of aromatic nitrogens is 2. The number of carbonyl (C=O) groups excluding carboxylic acids is 2. The Morgan fingerprint density at radius 2 is 1.86 bits per heavy atom. The highest BCUT2D eigenvalue weighted by molar-refractivity contribution is 6.32. The third kappa shape index (κ3) is 5.60. The van der Waals surface area contributed by atoms with Gasteiger partial charge in [-0.2, -0.15) is 5.10 Å². The van der Waals surface area contributed by atoms with E-state index < -0.39 is 12.1 Å². The molecule has 1 N–H and O–H groups in total. The number of hydrogen-bond acceptors (Lipinski definition) is 4. The van der Waals surface area contributed by atoms with Gasteiger partial charge in [-0.3, -0.25) is 4.79 Å². The largest absolute Gasteiger partial charge is 0.449 e. The second-order valence-electron chi connectivity index (χ2n) is 7.64. The van der Waals surface area contributed by atoms with Crippen molar-refractivity contribution in [2.45, 2.75) is 71.1 Å². The average Bonchev–Trinajstić information content (AvgIpc) is 2.86. The zero-order valence-electron chi connectivity index (χ0n) is 17.0. The van der Waals surface area contributed by atoms with Crippen LogP contribution in [0.15, 0.2) is 30.3 Å². The van der Waals surface area contributed by atoms with Crippen LogP contribution >= 0.6 is 11.6 Å². The van der Waals surface area contributed by atoms with Gasteiger partial charge in [-0.15, -0.1) is 0 Å². The second kappa shape index (κ2) is 9.92. The van der Waals surface area contributed by atoms with Crippen molar-refractivity contribution in [1.29, 1.82) is 0 Å². The molecule has 29 heavy (non-hydrogen) atoms. The highest BCUT2D eigenvalue weighted by Gasteiger charge is 2.27. The van der Waals surface area contributed by atoms with E-state index in [1.807, 2.05) is 30.3 Å². The number of carbonyl (C=O) groups is 2. The van der Waals surface area contributed by atoms with E-state index in [9.17, 15) is 9.59 Å². The summed E-state index contributed by atoms with van der Waals surface area (Å²) in [5.74, 6) is -0.897. The smallest absolute Gasteiger partial charge is 0.343 e. The van der Waals surface area contributed by atoms with E-state index in [1.165, 1.54) is 12.8 Å². The van der Waals surface area contributed by atoms with Crippen LogP contribution in [0.4, 0.5) is 0 Å². The Morgan fingerprint density at radius 3 is 2.52 bits per heavy atom. The molecular formula is C22H28ClN3O3. The molecule has 6 nitrogen and oxygen atoms in total. The molecule has 0 saturated heterocycles. The highest BCUT2D eigenvalue weighted by atomic mass is 35.5. The molecule has 0 spiro atoms. The third-order valence-electron chi connectivity index (χ3n) is 5.30. The quantitative estimate of drug-likeness (QED) is 0.562. The van der Waals surface area contributed by atoms with Crippen LogP contribution < -0.4 is 5.32 Å². The van der Waals surface area contributed by atoms with Gasteiger partial charge in [-0.05, 0) is 32.3 Å². The van der Waals surface area contributed by atoms with Gasteiger partial charge < -0.3 is 10.1 Å². The van der Waals surface area contributed by atoms with Crippen LogP contribution in [0.5, 0.6) is 0 Å². The number of hydrogen-bond donors (Lipinski definition) is 1. The number of aryl methyl sites for hydroxylation is 1. The van der Waals surface area contributed by atoms with Gasteiger partial charge in [0, 0.05) is 6.04 Å². The maximum absolute atomic E-state index is 12.7. The summed E-state index contributed by atoms with van der Waals surface area (Å²) in [4.78, 5) is 25.1. The first-order chi connectivity index (χ1) is 14.0. The number of esters is 1. The number of amides is 1. The van der Waals surface area contributed by atoms with Crippen molar-refractivity contribution in [2.75, 3.05) is 0 Å². The van der Waals surface area contributed by atoms with E-state index in [1.54, 1.807) is 18.5 Å². The van der Waals surface area contributed by atoms with Crippen molar-refractivity contribution in [2.24, 2.45) is 0 Å². The van der Waals surface area contributed by atoms with Crippen molar-refractivity contribution in [3.63, 3.8) is 0 Å². The van der Waals surface area contributed by atoms with Crippen LogP contribution in [0.1, 0.15) is 67.1 Å². The third-order valence-corrected chi connectivity index (χ3v) is 5.68. The SMILES string of the molecule is Cc1nn(Cc2ccccc2)c(Cl)c1C(=O)O[C@@H](C)C(=O)NC1CCCCCC1. The van der Waals surface area contributed by atoms with E-state index in [2.05, 4.69) is 10.4 Å². The van der Waals surface area contributed by atoms with Gasteiger partial charge in [-0.1, -0.05) is 67.6 Å². The topological polar surface area (TPSA) is 73.2 Å². The minimum Gasteiger partial charge on any atom is -0.449 e. The Bertz CT molecular complexity index is 842. The molecule has 3 rings (SSSR count). The van der Waals surface area contributed by atoms with E-state index in [0.29, 0.717) is 12.2 Å². The Hall–Kier alpha value is -2.34. The second-order valence-corrected chi connectivity index (χ2v) is 8.00. The van der Waals surface area contributed by atoms with Crippen LogP contribution in [0.2, 0.25) is 5.15 Å². The lowest BCUT2D eigenvalue weighted by Crippen LogP contribution is -2.41. The molecule has 156 valence electrons. The molecule has 1 aliphatic carbocycles. The Morgan fingerprint density at radius 1 is 1.21 bits per heavy atom. The van der Waals surface area contributed by atoms with Crippen LogP contribution in [0.3, 0.4) is 0 Å². The van der Waals surface area contributed by atoms with Crippen LogP contribution in [0.25, 0.3) is 0 Å². The van der Waals surface area contributed by atoms with Gasteiger partial charge in [0.15, 0.2) is 6.10 Å². The molecule has 1 atom stereocenters. The Balaban J connectivity index is 1.63. The summed E-state index contributed by atoms with van der Waals surface area (Å²) < 4.78 is 6.98. The first-order valence-electron chi connectivity index (χ1n) is 10.2. The molecule has 0 bridgehead atoms. The van der Waals surface area contributed by atoms with E-state index in [-0.39, 0.29) is 22.7 Å². The fourth-order valence-corrected chi connectivity index (χ4v) is 3.97. The number of nitrogens with one attached hydrogen (secondary N) is 1. The molecule has 0 radical (unpaired) electrons. The summed E-state index contributed by atoms with van der Waals surface area (Å²) in [6.07, 6.45) is 5.72. The van der Waals surface area contributed by atoms with Gasteiger partial charge in [0.05, 0.1) is 12.2 Å². The number of benzene rings is 1. The minimum absolute atomic E-state index is 0.157. The van der Waals surface area contributed by atoms with Gasteiger partial charge in [0.2, 0.25) is 0 Å². The number of ether oxygens (including phenoxy) is 1. The molecule has 0 unspecified atom stereocenters. The highest BCUT2D eigenvalue weighted by Crippen LogP contribution is 2.23. The maximum atomic E-state index is 12.7. The van der Waals surface area contributed by atoms with Crippen molar-refractivity contribution in [1.82, 2.24) is 15.1 Å². The molecule has 1 aliphatic rings. The molecule has 1 aromatic heterocycles. The summed E-state index contributed by atoms with van der Waals surface area (Å²) in [6.45, 7) is 3.74. The van der Waals surface area contributed by atoms with Crippen molar-refractivity contribution < 1.29 is 14.3 Å². The summed E-state index contributed by atoms with van der Waals surface area (Å²) in [5, 5.41) is 7.59. The van der Waals surface area contributed by atoms with E-state index in [4.69, 9.17) is 16.3 Å². The normalized spacial score (nSPS) is 16.1. The van der Waals surface area contributed by atoms with Crippen LogP contribution in [-0.2, 0) is 16.1 Å². The lowest BCUT2D eigenvalue weighted by molar-refractivity contribution is -0.129. The fourth-order valence-electron chi connectivity index (χ4n) is 3.66. The lowest BCUT2D eigenvalue weighted by atomic mass is 10.1. The predicted octanol–water partition coefficient (Wildman–Crippen LogP) is 4.28. The fraction of sp³-hybridized carbons (Fsp3) is 0.500. The summed E-state index contributed by atoms with van der Waals surface area (Å²) in [6, 6.07) is 9.89. The molecule has 0 aliphatic heterocycles. The van der Waals surface area contributed by atoms with E-state index >= 15 is 0 Å². The number of rotatable bonds is 6. The van der Waals surface area contributed by atoms with Gasteiger partial charge in [0.1, 0.15) is 10.7 Å². The van der Waals surface area contributed by atoms with Gasteiger partial charge >= 0.3 is 5.97 Å². The zero-order valence-corrected chi connectivity index (χ0v) is 17.7. The van der Waals surface area contributed by atoms with E-state index in [0.717, 1.165) is 31.2 Å². The predicted molar refractivity (Wildman–Crippen MR) is 112 cm³/mol. The first-order valence-corrected chi connectivity index (χ1v) is 10.6. The number of halogens is 1. The standard InChI is InChI=1S/C22H28ClN3O3/c1-15-19(20(23)26(25-15)14-17-10-6-5-7-11-17)22(28)29-16(2)21(27)24-18-12-8-3-4-9-13-18/h5-7,10-11,16,18H,3-4,8-9,12-14H2,1-2H3,(H,24,27)/t16-/m0/s1. The molecule has 1 amide bonds.